The Morgan fingerprint density at radius 2 is 2.11 bits per heavy atom. The van der Waals surface area contributed by atoms with Gasteiger partial charge < -0.3 is 5.11 Å². The van der Waals surface area contributed by atoms with Crippen LogP contribution in [0.5, 0.6) is 0 Å². The minimum Gasteiger partial charge on any atom is -0.392 e. The molecule has 0 aliphatic heterocycles. The summed E-state index contributed by atoms with van der Waals surface area (Å²) < 4.78 is 27.3. The van der Waals surface area contributed by atoms with Crippen molar-refractivity contribution in [3.8, 4) is 0 Å². The summed E-state index contributed by atoms with van der Waals surface area (Å²) in [7, 11) is -3.47. The summed E-state index contributed by atoms with van der Waals surface area (Å²) in [4.78, 5) is 0.302. The molecule has 2 atom stereocenters. The van der Waals surface area contributed by atoms with Crippen LogP contribution in [0.4, 0.5) is 0 Å². The van der Waals surface area contributed by atoms with E-state index in [0.29, 0.717) is 22.8 Å². The molecule has 2 N–H and O–H groups in total. The number of hydrogen-bond acceptors (Lipinski definition) is 3. The van der Waals surface area contributed by atoms with Crippen molar-refractivity contribution in [2.24, 2.45) is 5.92 Å². The van der Waals surface area contributed by atoms with E-state index >= 15 is 0 Å². The van der Waals surface area contributed by atoms with Gasteiger partial charge in [-0.2, -0.15) is 0 Å². The van der Waals surface area contributed by atoms with E-state index < -0.39 is 10.0 Å². The smallest absolute Gasteiger partial charge is 0.241 e. The zero-order chi connectivity index (χ0) is 13.3. The highest BCUT2D eigenvalue weighted by Gasteiger charge is 2.36. The summed E-state index contributed by atoms with van der Waals surface area (Å²) in [5.41, 5.74) is 1.41. The van der Waals surface area contributed by atoms with Crippen LogP contribution >= 0.6 is 0 Å². The first-order valence-corrected chi connectivity index (χ1v) is 7.71. The lowest BCUT2D eigenvalue weighted by Crippen LogP contribution is -2.27. The Hall–Kier alpha value is -0.910. The molecule has 0 heterocycles. The summed E-state index contributed by atoms with van der Waals surface area (Å²) in [5, 5.41) is 9.11. The van der Waals surface area contributed by atoms with Gasteiger partial charge in [0, 0.05) is 6.04 Å². The Kier molecular flexibility index (Phi) is 3.75. The fraction of sp³-hybridized carbons (Fsp3) is 0.538. The average molecular weight is 269 g/mol. The lowest BCUT2D eigenvalue weighted by molar-refractivity contribution is 0.281. The van der Waals surface area contributed by atoms with Crippen LogP contribution in [0.15, 0.2) is 23.1 Å². The van der Waals surface area contributed by atoms with E-state index in [0.717, 1.165) is 12.0 Å². The van der Waals surface area contributed by atoms with Crippen LogP contribution in [0, 0.1) is 5.92 Å². The molecule has 1 aliphatic rings. The molecule has 100 valence electrons. The molecule has 1 aromatic carbocycles. The summed E-state index contributed by atoms with van der Waals surface area (Å²) in [6.45, 7) is 3.80. The number of hydrogen-bond donors (Lipinski definition) is 2. The van der Waals surface area contributed by atoms with Crippen LogP contribution in [-0.2, 0) is 23.1 Å². The standard InChI is InChI=1S/C13H19NO3S/c1-3-11-5-4-10(8-15)7-13(11)18(16,17)14-12-6-9(12)2/h4-5,7,9,12,14-15H,3,6,8H2,1-2H3. The molecular weight excluding hydrogens is 250 g/mol. The van der Waals surface area contributed by atoms with Crippen LogP contribution in [-0.4, -0.2) is 19.6 Å². The maximum Gasteiger partial charge on any atom is 0.241 e. The van der Waals surface area contributed by atoms with E-state index in [9.17, 15) is 8.42 Å². The summed E-state index contributed by atoms with van der Waals surface area (Å²) in [6.07, 6.45) is 1.56. The number of sulfonamides is 1. The predicted molar refractivity (Wildman–Crippen MR) is 69.6 cm³/mol. The molecule has 18 heavy (non-hydrogen) atoms. The molecule has 0 radical (unpaired) electrons. The summed E-state index contributed by atoms with van der Waals surface area (Å²) in [5.74, 6) is 0.422. The lowest BCUT2D eigenvalue weighted by Gasteiger charge is -2.11. The first kappa shape index (κ1) is 13.5. The first-order chi connectivity index (χ1) is 8.47. The molecule has 2 rings (SSSR count). The number of rotatable bonds is 5. The first-order valence-electron chi connectivity index (χ1n) is 6.23. The monoisotopic (exact) mass is 269 g/mol. The van der Waals surface area contributed by atoms with Gasteiger partial charge in [0.05, 0.1) is 11.5 Å². The van der Waals surface area contributed by atoms with E-state index in [1.165, 1.54) is 0 Å². The topological polar surface area (TPSA) is 66.4 Å². The van der Waals surface area contributed by atoms with Crippen molar-refractivity contribution < 1.29 is 13.5 Å². The van der Waals surface area contributed by atoms with Crippen LogP contribution in [0.3, 0.4) is 0 Å². The van der Waals surface area contributed by atoms with Crippen LogP contribution < -0.4 is 4.72 Å². The van der Waals surface area contributed by atoms with Gasteiger partial charge in [-0.05, 0) is 36.0 Å². The molecule has 4 nitrogen and oxygen atoms in total. The van der Waals surface area contributed by atoms with Crippen LogP contribution in [0.25, 0.3) is 0 Å². The van der Waals surface area contributed by atoms with Gasteiger partial charge in [-0.15, -0.1) is 0 Å². The quantitative estimate of drug-likeness (QED) is 0.849. The average Bonchev–Trinajstić information content (AvgIpc) is 3.03. The van der Waals surface area contributed by atoms with E-state index in [1.54, 1.807) is 18.2 Å². The number of aliphatic hydroxyl groups is 1. The molecule has 0 aromatic heterocycles. The second-order valence-electron chi connectivity index (χ2n) is 4.89. The SMILES string of the molecule is CCc1ccc(CO)cc1S(=O)(=O)NC1CC1C. The molecule has 1 fully saturated rings. The Morgan fingerprint density at radius 3 is 2.61 bits per heavy atom. The summed E-state index contributed by atoms with van der Waals surface area (Å²) in [6, 6.07) is 5.17. The third kappa shape index (κ3) is 2.74. The van der Waals surface area contributed by atoms with Gasteiger partial charge in [0.25, 0.3) is 0 Å². The van der Waals surface area contributed by atoms with Gasteiger partial charge in [-0.1, -0.05) is 26.0 Å². The molecule has 2 unspecified atom stereocenters. The molecule has 5 heteroatoms. The van der Waals surface area contributed by atoms with Gasteiger partial charge in [0.1, 0.15) is 0 Å². The Morgan fingerprint density at radius 1 is 1.44 bits per heavy atom. The highest BCUT2D eigenvalue weighted by Crippen LogP contribution is 2.31. The Bertz CT molecular complexity index is 539. The Labute approximate surface area is 108 Å². The van der Waals surface area contributed by atoms with E-state index in [4.69, 9.17) is 5.11 Å². The van der Waals surface area contributed by atoms with Crippen molar-refractivity contribution in [3.05, 3.63) is 29.3 Å². The van der Waals surface area contributed by atoms with Crippen LogP contribution in [0.2, 0.25) is 0 Å². The van der Waals surface area contributed by atoms with Crippen molar-refractivity contribution in [1.82, 2.24) is 4.72 Å². The van der Waals surface area contributed by atoms with E-state index in [2.05, 4.69) is 4.72 Å². The van der Waals surface area contributed by atoms with Crippen molar-refractivity contribution in [2.75, 3.05) is 0 Å². The molecule has 0 amide bonds. The Balaban J connectivity index is 2.35. The zero-order valence-corrected chi connectivity index (χ0v) is 11.5. The van der Waals surface area contributed by atoms with Gasteiger partial charge in [-0.25, -0.2) is 13.1 Å². The third-order valence-electron chi connectivity index (χ3n) is 3.40. The van der Waals surface area contributed by atoms with Crippen molar-refractivity contribution in [2.45, 2.75) is 44.2 Å². The molecule has 1 aliphatic carbocycles. The van der Waals surface area contributed by atoms with Crippen molar-refractivity contribution in [1.29, 1.82) is 0 Å². The predicted octanol–water partition coefficient (Wildman–Crippen LogP) is 1.43. The molecule has 1 aromatic rings. The highest BCUT2D eigenvalue weighted by molar-refractivity contribution is 7.89. The number of benzene rings is 1. The van der Waals surface area contributed by atoms with Gasteiger partial charge in [0.2, 0.25) is 10.0 Å². The largest absolute Gasteiger partial charge is 0.392 e. The fourth-order valence-electron chi connectivity index (χ4n) is 1.99. The fourth-order valence-corrected chi connectivity index (χ4v) is 3.71. The molecule has 1 saturated carbocycles. The molecular formula is C13H19NO3S. The number of nitrogens with one attached hydrogen (secondary N) is 1. The van der Waals surface area contributed by atoms with Gasteiger partial charge in [0.15, 0.2) is 0 Å². The second kappa shape index (κ2) is 4.99. The summed E-state index contributed by atoms with van der Waals surface area (Å²) >= 11 is 0. The third-order valence-corrected chi connectivity index (χ3v) is 4.97. The number of aryl methyl sites for hydroxylation is 1. The number of aliphatic hydroxyl groups excluding tert-OH is 1. The highest BCUT2D eigenvalue weighted by atomic mass is 32.2. The maximum absolute atomic E-state index is 12.3. The molecule has 0 spiro atoms. The zero-order valence-electron chi connectivity index (χ0n) is 10.7. The van der Waals surface area contributed by atoms with Crippen LogP contribution in [0.1, 0.15) is 31.4 Å². The minimum atomic E-state index is -3.47. The lowest BCUT2D eigenvalue weighted by atomic mass is 10.1. The normalized spacial score (nSPS) is 23.1. The maximum atomic E-state index is 12.3. The molecule has 0 bridgehead atoms. The van der Waals surface area contributed by atoms with E-state index in [-0.39, 0.29) is 12.6 Å². The van der Waals surface area contributed by atoms with Crippen molar-refractivity contribution in [3.63, 3.8) is 0 Å². The van der Waals surface area contributed by atoms with E-state index in [1.807, 2.05) is 13.8 Å². The second-order valence-corrected chi connectivity index (χ2v) is 6.58. The van der Waals surface area contributed by atoms with Gasteiger partial charge >= 0.3 is 0 Å². The minimum absolute atomic E-state index is 0.0671. The van der Waals surface area contributed by atoms with Crippen molar-refractivity contribution >= 4 is 10.0 Å². The van der Waals surface area contributed by atoms with Gasteiger partial charge in [-0.3, -0.25) is 0 Å². The molecule has 0 saturated heterocycles.